The predicted molar refractivity (Wildman–Crippen MR) is 81.0 cm³/mol. The highest BCUT2D eigenvalue weighted by atomic mass is 32.2. The number of rotatable bonds is 5. The van der Waals surface area contributed by atoms with Gasteiger partial charge in [-0.3, -0.25) is 4.21 Å². The molecule has 3 N–H and O–H groups in total. The van der Waals surface area contributed by atoms with Crippen molar-refractivity contribution in [1.82, 2.24) is 4.72 Å². The van der Waals surface area contributed by atoms with E-state index in [1.807, 2.05) is 0 Å². The van der Waals surface area contributed by atoms with Crippen LogP contribution in [0.5, 0.6) is 0 Å². The third kappa shape index (κ3) is 5.21. The molecule has 0 heterocycles. The summed E-state index contributed by atoms with van der Waals surface area (Å²) in [7, 11) is -5.01. The summed E-state index contributed by atoms with van der Waals surface area (Å²) in [5, 5.41) is -0.334. The number of hydrogen-bond donors (Lipinski definition) is 2. The standard InChI is InChI=1S/C13H17FN2O3S2/c1-10(20(2)17)9-16-21(18,19)13-6-5-12(14)8-11(13)4-3-7-15/h5-6,8,10,16H,7,9,15H2,1-2H3. The highest BCUT2D eigenvalue weighted by Crippen LogP contribution is 2.16. The summed E-state index contributed by atoms with van der Waals surface area (Å²) in [6, 6.07) is 3.23. The maximum Gasteiger partial charge on any atom is 0.241 e. The Hall–Kier alpha value is -1.27. The van der Waals surface area contributed by atoms with Gasteiger partial charge in [-0.1, -0.05) is 11.8 Å². The summed E-state index contributed by atoms with van der Waals surface area (Å²) in [6.07, 6.45) is 1.50. The van der Waals surface area contributed by atoms with Gasteiger partial charge >= 0.3 is 0 Å². The molecule has 0 radical (unpaired) electrons. The van der Waals surface area contributed by atoms with Gasteiger partial charge in [-0.2, -0.15) is 0 Å². The third-order valence-corrected chi connectivity index (χ3v) is 5.47. The van der Waals surface area contributed by atoms with Crippen molar-refractivity contribution in [2.24, 2.45) is 5.73 Å². The van der Waals surface area contributed by atoms with Gasteiger partial charge in [0.15, 0.2) is 0 Å². The first-order valence-corrected chi connectivity index (χ1v) is 9.18. The number of hydrogen-bond acceptors (Lipinski definition) is 4. The number of sulfonamides is 1. The average Bonchev–Trinajstić information content (AvgIpc) is 2.42. The molecule has 0 aromatic heterocycles. The lowest BCUT2D eigenvalue weighted by atomic mass is 10.2. The summed E-state index contributed by atoms with van der Waals surface area (Å²) < 4.78 is 51.3. The first-order valence-electron chi connectivity index (χ1n) is 6.08. The zero-order valence-electron chi connectivity index (χ0n) is 11.7. The van der Waals surface area contributed by atoms with Crippen molar-refractivity contribution in [3.05, 3.63) is 29.6 Å². The number of benzene rings is 1. The van der Waals surface area contributed by atoms with E-state index in [0.29, 0.717) is 0 Å². The maximum atomic E-state index is 13.2. The van der Waals surface area contributed by atoms with Crippen molar-refractivity contribution >= 4 is 20.8 Å². The second-order valence-corrected chi connectivity index (χ2v) is 7.84. The molecule has 0 saturated heterocycles. The van der Waals surface area contributed by atoms with E-state index in [-0.39, 0.29) is 28.8 Å². The topological polar surface area (TPSA) is 89.3 Å². The molecule has 21 heavy (non-hydrogen) atoms. The van der Waals surface area contributed by atoms with Gasteiger partial charge in [0.2, 0.25) is 10.0 Å². The number of nitrogens with one attached hydrogen (secondary N) is 1. The van der Waals surface area contributed by atoms with Gasteiger partial charge < -0.3 is 5.73 Å². The molecule has 0 bridgehead atoms. The van der Waals surface area contributed by atoms with E-state index in [0.717, 1.165) is 18.2 Å². The van der Waals surface area contributed by atoms with Crippen LogP contribution in [-0.4, -0.2) is 37.2 Å². The Bertz CT molecular complexity index is 693. The highest BCUT2D eigenvalue weighted by molar-refractivity contribution is 7.89. The van der Waals surface area contributed by atoms with Gasteiger partial charge in [-0.15, -0.1) is 0 Å². The zero-order valence-corrected chi connectivity index (χ0v) is 13.4. The first kappa shape index (κ1) is 17.8. The molecule has 0 spiro atoms. The van der Waals surface area contributed by atoms with Crippen molar-refractivity contribution in [2.45, 2.75) is 17.1 Å². The van der Waals surface area contributed by atoms with Gasteiger partial charge in [0, 0.05) is 34.4 Å². The van der Waals surface area contributed by atoms with Crippen LogP contribution < -0.4 is 10.5 Å². The lowest BCUT2D eigenvalue weighted by molar-refractivity contribution is 0.579. The molecule has 5 nitrogen and oxygen atoms in total. The Morgan fingerprint density at radius 2 is 2.14 bits per heavy atom. The van der Waals surface area contributed by atoms with Crippen molar-refractivity contribution in [3.63, 3.8) is 0 Å². The molecule has 0 saturated carbocycles. The van der Waals surface area contributed by atoms with Gasteiger partial charge in [0.25, 0.3) is 0 Å². The van der Waals surface area contributed by atoms with E-state index < -0.39 is 26.6 Å². The molecule has 0 aliphatic rings. The van der Waals surface area contributed by atoms with E-state index in [1.54, 1.807) is 6.92 Å². The molecule has 8 heteroatoms. The molecule has 2 unspecified atom stereocenters. The van der Waals surface area contributed by atoms with E-state index in [2.05, 4.69) is 16.6 Å². The molecule has 1 rings (SSSR count). The van der Waals surface area contributed by atoms with Gasteiger partial charge in [0.1, 0.15) is 5.82 Å². The molecule has 0 aliphatic heterocycles. The molecule has 1 aromatic carbocycles. The normalized spacial score (nSPS) is 14.1. The minimum Gasteiger partial charge on any atom is -0.320 e. The van der Waals surface area contributed by atoms with Crippen LogP contribution >= 0.6 is 0 Å². The Labute approximate surface area is 126 Å². The molecule has 116 valence electrons. The monoisotopic (exact) mass is 332 g/mol. The van der Waals surface area contributed by atoms with Gasteiger partial charge in [-0.25, -0.2) is 17.5 Å². The van der Waals surface area contributed by atoms with E-state index in [9.17, 15) is 17.0 Å². The Morgan fingerprint density at radius 3 is 2.71 bits per heavy atom. The third-order valence-electron chi connectivity index (χ3n) is 2.68. The molecule has 1 aromatic rings. The largest absolute Gasteiger partial charge is 0.320 e. The van der Waals surface area contributed by atoms with Crippen LogP contribution in [0.3, 0.4) is 0 Å². The fourth-order valence-corrected chi connectivity index (χ4v) is 3.10. The quantitative estimate of drug-likeness (QED) is 0.753. The van der Waals surface area contributed by atoms with Crippen LogP contribution in [0.4, 0.5) is 4.39 Å². The van der Waals surface area contributed by atoms with Crippen LogP contribution in [0.2, 0.25) is 0 Å². The Balaban J connectivity index is 3.10. The maximum absolute atomic E-state index is 13.2. The number of halogens is 1. The second kappa shape index (κ2) is 7.66. The summed E-state index contributed by atoms with van der Waals surface area (Å²) in [5.41, 5.74) is 5.28. The number of nitrogens with two attached hydrogens (primary N) is 1. The Kier molecular flexibility index (Phi) is 6.48. The van der Waals surface area contributed by atoms with Crippen molar-refractivity contribution in [1.29, 1.82) is 0 Å². The van der Waals surface area contributed by atoms with Crippen LogP contribution in [0.1, 0.15) is 12.5 Å². The molecule has 0 amide bonds. The molecule has 0 aliphatic carbocycles. The molecule has 0 fully saturated rings. The lowest BCUT2D eigenvalue weighted by Crippen LogP contribution is -2.33. The molecule has 2 atom stereocenters. The van der Waals surface area contributed by atoms with Gasteiger partial charge in [-0.05, 0) is 25.1 Å². The summed E-state index contributed by atoms with van der Waals surface area (Å²) in [4.78, 5) is -0.126. The summed E-state index contributed by atoms with van der Waals surface area (Å²) in [6.45, 7) is 1.72. The van der Waals surface area contributed by atoms with E-state index >= 15 is 0 Å². The Morgan fingerprint density at radius 1 is 1.48 bits per heavy atom. The van der Waals surface area contributed by atoms with E-state index in [4.69, 9.17) is 5.73 Å². The zero-order chi connectivity index (χ0) is 16.0. The summed E-state index contributed by atoms with van der Waals surface area (Å²) in [5.74, 6) is 4.45. The molecular weight excluding hydrogens is 315 g/mol. The van der Waals surface area contributed by atoms with Crippen LogP contribution in [0, 0.1) is 17.7 Å². The second-order valence-electron chi connectivity index (χ2n) is 4.31. The average molecular weight is 332 g/mol. The SMILES string of the molecule is CC(CNS(=O)(=O)c1ccc(F)cc1C#CCN)S(C)=O. The van der Waals surface area contributed by atoms with Crippen molar-refractivity contribution in [3.8, 4) is 11.8 Å². The lowest BCUT2D eigenvalue weighted by Gasteiger charge is -2.12. The predicted octanol–water partition coefficient (Wildman–Crippen LogP) is 0.181. The smallest absolute Gasteiger partial charge is 0.241 e. The molecular formula is C13H17FN2O3S2. The van der Waals surface area contributed by atoms with Crippen molar-refractivity contribution in [2.75, 3.05) is 19.3 Å². The fraction of sp³-hybridized carbons (Fsp3) is 0.385. The van der Waals surface area contributed by atoms with Crippen molar-refractivity contribution < 1.29 is 17.0 Å². The fourth-order valence-electron chi connectivity index (χ4n) is 1.40. The minimum atomic E-state index is -3.86. The first-order chi connectivity index (χ1) is 9.77. The minimum absolute atomic E-state index is 0.0204. The van der Waals surface area contributed by atoms with Crippen LogP contribution in [0.15, 0.2) is 23.1 Å². The van der Waals surface area contributed by atoms with Crippen LogP contribution in [-0.2, 0) is 20.8 Å². The summed E-state index contributed by atoms with van der Waals surface area (Å²) >= 11 is 0. The van der Waals surface area contributed by atoms with Gasteiger partial charge in [0.05, 0.1) is 11.4 Å². The van der Waals surface area contributed by atoms with Crippen LogP contribution in [0.25, 0.3) is 0 Å². The highest BCUT2D eigenvalue weighted by Gasteiger charge is 2.20. The van der Waals surface area contributed by atoms with E-state index in [1.165, 1.54) is 6.26 Å².